The summed E-state index contributed by atoms with van der Waals surface area (Å²) in [6.45, 7) is 1.78. The highest BCUT2D eigenvalue weighted by Crippen LogP contribution is 2.30. The van der Waals surface area contributed by atoms with Gasteiger partial charge in [0.15, 0.2) is 0 Å². The number of hydrogen-bond donors (Lipinski definition) is 0. The highest BCUT2D eigenvalue weighted by atomic mass is 16.6. The zero-order chi connectivity index (χ0) is 24.4. The average molecular weight is 476 g/mol. The first-order valence-corrected chi connectivity index (χ1v) is 11.6. The van der Waals surface area contributed by atoms with E-state index in [-0.39, 0.29) is 36.4 Å². The largest absolute Gasteiger partial charge is 0.439 e. The number of carbonyl (C=O) groups is 2. The number of rotatable bonds is 6. The van der Waals surface area contributed by atoms with Gasteiger partial charge in [-0.15, -0.1) is 0 Å². The molecule has 0 bridgehead atoms. The molecule has 0 radical (unpaired) electrons. The lowest BCUT2D eigenvalue weighted by Gasteiger charge is -2.35. The van der Waals surface area contributed by atoms with Gasteiger partial charge in [0, 0.05) is 43.0 Å². The lowest BCUT2D eigenvalue weighted by Crippen LogP contribution is -2.47. The summed E-state index contributed by atoms with van der Waals surface area (Å²) in [5, 5.41) is 15.3. The molecule has 2 aliphatic rings. The van der Waals surface area contributed by atoms with E-state index in [1.807, 2.05) is 30.3 Å². The van der Waals surface area contributed by atoms with Crippen molar-refractivity contribution in [3.8, 4) is 11.3 Å². The number of nitrogens with zero attached hydrogens (tertiary/aromatic N) is 5. The average Bonchev–Trinajstić information content (AvgIpc) is 3.51. The van der Waals surface area contributed by atoms with Crippen molar-refractivity contribution in [3.63, 3.8) is 0 Å². The fourth-order valence-corrected chi connectivity index (χ4v) is 4.64. The summed E-state index contributed by atoms with van der Waals surface area (Å²) in [5.41, 5.74) is 2.40. The molecule has 3 aromatic rings. The third-order valence-electron chi connectivity index (χ3n) is 6.58. The third-order valence-corrected chi connectivity index (χ3v) is 6.58. The van der Waals surface area contributed by atoms with E-state index in [1.54, 1.807) is 38.9 Å². The van der Waals surface area contributed by atoms with Crippen LogP contribution in [-0.2, 0) is 16.1 Å². The van der Waals surface area contributed by atoms with Crippen molar-refractivity contribution < 1.29 is 19.2 Å². The number of likely N-dealkylation sites (tertiary alicyclic amines) is 1. The van der Waals surface area contributed by atoms with Gasteiger partial charge in [0.1, 0.15) is 12.6 Å². The van der Waals surface area contributed by atoms with Crippen molar-refractivity contribution in [1.82, 2.24) is 19.6 Å². The highest BCUT2D eigenvalue weighted by molar-refractivity contribution is 5.76. The Hall–Kier alpha value is -4.21. The van der Waals surface area contributed by atoms with Crippen molar-refractivity contribution >= 4 is 17.7 Å². The Balaban J connectivity index is 1.14. The first-order chi connectivity index (χ1) is 17.0. The van der Waals surface area contributed by atoms with Gasteiger partial charge in [0.25, 0.3) is 5.69 Å². The second-order valence-corrected chi connectivity index (χ2v) is 8.75. The Morgan fingerprint density at radius 3 is 2.46 bits per heavy atom. The van der Waals surface area contributed by atoms with E-state index < -0.39 is 4.92 Å². The van der Waals surface area contributed by atoms with Crippen molar-refractivity contribution in [1.29, 1.82) is 0 Å². The Labute approximate surface area is 201 Å². The summed E-state index contributed by atoms with van der Waals surface area (Å²) in [6.07, 6.45) is 2.59. The van der Waals surface area contributed by atoms with Crippen LogP contribution >= 0.6 is 0 Å². The third kappa shape index (κ3) is 4.86. The summed E-state index contributed by atoms with van der Waals surface area (Å²) in [4.78, 5) is 39.3. The smallest absolute Gasteiger partial charge is 0.410 e. The zero-order valence-electron chi connectivity index (χ0n) is 19.0. The van der Waals surface area contributed by atoms with Crippen LogP contribution in [0.1, 0.15) is 24.5 Å². The second-order valence-electron chi connectivity index (χ2n) is 8.75. The summed E-state index contributed by atoms with van der Waals surface area (Å²) < 4.78 is 7.16. The fourth-order valence-electron chi connectivity index (χ4n) is 4.64. The molecule has 0 N–H and O–H groups in total. The van der Waals surface area contributed by atoms with E-state index in [0.717, 1.165) is 11.1 Å². The number of aromatic nitrogens is 2. The van der Waals surface area contributed by atoms with Crippen molar-refractivity contribution in [2.24, 2.45) is 0 Å². The van der Waals surface area contributed by atoms with Gasteiger partial charge in [0.2, 0.25) is 5.91 Å². The highest BCUT2D eigenvalue weighted by Gasteiger charge is 2.38. The standard InChI is InChI=1S/C25H25N5O5/c31-24(17-28-15-12-22(26-28)18-6-8-21(9-7-18)30(33)34)27-13-10-20(11-14-27)29-16-23(35-25(29)32)19-4-2-1-3-5-19/h1-9,12,15,20,23H,10-11,13-14,16-17H2. The molecule has 0 spiro atoms. The van der Waals surface area contributed by atoms with Crippen molar-refractivity contribution in [2.45, 2.75) is 31.5 Å². The number of nitro benzene ring substituents is 1. The first-order valence-electron chi connectivity index (χ1n) is 11.6. The second kappa shape index (κ2) is 9.57. The van der Waals surface area contributed by atoms with E-state index in [9.17, 15) is 19.7 Å². The van der Waals surface area contributed by atoms with Crippen molar-refractivity contribution in [3.05, 3.63) is 82.5 Å². The van der Waals surface area contributed by atoms with Crippen LogP contribution in [0.5, 0.6) is 0 Å². The molecule has 2 aromatic carbocycles. The molecule has 1 unspecified atom stereocenters. The molecule has 10 heteroatoms. The van der Waals surface area contributed by atoms with E-state index in [4.69, 9.17) is 4.74 Å². The van der Waals surface area contributed by atoms with Crippen LogP contribution in [0.3, 0.4) is 0 Å². The molecule has 3 heterocycles. The van der Waals surface area contributed by atoms with Crippen LogP contribution in [-0.4, -0.2) is 62.2 Å². The molecular formula is C25H25N5O5. The Kier molecular flexibility index (Phi) is 6.17. The molecule has 180 valence electrons. The number of non-ortho nitro benzene ring substituents is 1. The van der Waals surface area contributed by atoms with Gasteiger partial charge in [-0.1, -0.05) is 30.3 Å². The number of piperidine rings is 1. The van der Waals surface area contributed by atoms with Gasteiger partial charge in [-0.2, -0.15) is 5.10 Å². The minimum Gasteiger partial charge on any atom is -0.439 e. The molecule has 2 aliphatic heterocycles. The monoisotopic (exact) mass is 475 g/mol. The van der Waals surface area contributed by atoms with Crippen LogP contribution in [0, 0.1) is 10.1 Å². The number of ether oxygens (including phenoxy) is 1. The Morgan fingerprint density at radius 1 is 1.06 bits per heavy atom. The minimum absolute atomic E-state index is 0.0181. The Bertz CT molecular complexity index is 1220. The number of amides is 2. The Morgan fingerprint density at radius 2 is 1.77 bits per heavy atom. The zero-order valence-corrected chi connectivity index (χ0v) is 19.0. The molecule has 2 saturated heterocycles. The summed E-state index contributed by atoms with van der Waals surface area (Å²) in [5.74, 6) is -0.0343. The summed E-state index contributed by atoms with van der Waals surface area (Å²) >= 11 is 0. The quantitative estimate of drug-likeness (QED) is 0.398. The molecular weight excluding hydrogens is 450 g/mol. The molecule has 5 rings (SSSR count). The van der Waals surface area contributed by atoms with E-state index in [2.05, 4.69) is 5.10 Å². The predicted octanol–water partition coefficient (Wildman–Crippen LogP) is 3.64. The number of benzene rings is 2. The molecule has 2 fully saturated rings. The molecule has 1 atom stereocenters. The van der Waals surface area contributed by atoms with E-state index in [0.29, 0.717) is 38.2 Å². The van der Waals surface area contributed by atoms with Crippen molar-refractivity contribution in [2.75, 3.05) is 19.6 Å². The number of carbonyl (C=O) groups excluding carboxylic acids is 2. The molecule has 10 nitrogen and oxygen atoms in total. The van der Waals surface area contributed by atoms with Crippen LogP contribution in [0.15, 0.2) is 66.9 Å². The minimum atomic E-state index is -0.446. The van der Waals surface area contributed by atoms with E-state index >= 15 is 0 Å². The molecule has 0 aliphatic carbocycles. The molecule has 35 heavy (non-hydrogen) atoms. The maximum absolute atomic E-state index is 12.8. The lowest BCUT2D eigenvalue weighted by atomic mass is 10.0. The first kappa shape index (κ1) is 22.6. The predicted molar refractivity (Wildman–Crippen MR) is 126 cm³/mol. The maximum Gasteiger partial charge on any atom is 0.410 e. The molecule has 2 amide bonds. The van der Waals surface area contributed by atoms with Gasteiger partial charge >= 0.3 is 6.09 Å². The van der Waals surface area contributed by atoms with Gasteiger partial charge < -0.3 is 14.5 Å². The van der Waals surface area contributed by atoms with Crippen LogP contribution in [0.4, 0.5) is 10.5 Å². The SMILES string of the molecule is O=C(Cn1ccc(-c2ccc([N+](=O)[O-])cc2)n1)N1CCC(N2CC(c3ccccc3)OC2=O)CC1. The molecule has 1 aromatic heterocycles. The number of hydrogen-bond acceptors (Lipinski definition) is 6. The van der Waals surface area contributed by atoms with Gasteiger partial charge in [-0.05, 0) is 36.6 Å². The lowest BCUT2D eigenvalue weighted by molar-refractivity contribution is -0.384. The fraction of sp³-hybridized carbons (Fsp3) is 0.320. The summed E-state index contributed by atoms with van der Waals surface area (Å²) in [7, 11) is 0. The van der Waals surface area contributed by atoms with Gasteiger partial charge in [-0.3, -0.25) is 19.6 Å². The topological polar surface area (TPSA) is 111 Å². The normalized spacial score (nSPS) is 18.5. The van der Waals surface area contributed by atoms with E-state index in [1.165, 1.54) is 12.1 Å². The van der Waals surface area contributed by atoms with Crippen LogP contribution in [0.25, 0.3) is 11.3 Å². The van der Waals surface area contributed by atoms with Gasteiger partial charge in [0.05, 0.1) is 17.2 Å². The van der Waals surface area contributed by atoms with Crippen LogP contribution in [0.2, 0.25) is 0 Å². The number of cyclic esters (lactones) is 1. The maximum atomic E-state index is 12.8. The molecule has 0 saturated carbocycles. The number of nitro groups is 1. The summed E-state index contributed by atoms with van der Waals surface area (Å²) in [6, 6.07) is 17.7. The van der Waals surface area contributed by atoms with Gasteiger partial charge in [-0.25, -0.2) is 4.79 Å². The van der Waals surface area contributed by atoms with Crippen LogP contribution < -0.4 is 0 Å².